The van der Waals surface area contributed by atoms with Gasteiger partial charge in [-0.3, -0.25) is 5.32 Å². The number of nitrogens with two attached hydrogens (primary N) is 1. The Morgan fingerprint density at radius 3 is 2.45 bits per heavy atom. The van der Waals surface area contributed by atoms with Crippen LogP contribution in [0.1, 0.15) is 20.8 Å². The SMILES string of the molecule is CC(C)(C)OC(=O)Nc1ccc(O)cc1OS(N)(=O)=O. The first-order chi connectivity index (χ1) is 8.96. The van der Waals surface area contributed by atoms with Crippen LogP contribution in [0.3, 0.4) is 0 Å². The van der Waals surface area contributed by atoms with Gasteiger partial charge < -0.3 is 14.0 Å². The maximum absolute atomic E-state index is 11.6. The average Bonchev–Trinajstić information content (AvgIpc) is 2.17. The number of hydrogen-bond donors (Lipinski definition) is 3. The monoisotopic (exact) mass is 304 g/mol. The van der Waals surface area contributed by atoms with Gasteiger partial charge in [-0.2, -0.15) is 13.6 Å². The van der Waals surface area contributed by atoms with Crippen molar-refractivity contribution in [3.63, 3.8) is 0 Å². The van der Waals surface area contributed by atoms with Crippen molar-refractivity contribution in [3.8, 4) is 11.5 Å². The third-order valence-corrected chi connectivity index (χ3v) is 2.22. The maximum Gasteiger partial charge on any atom is 0.412 e. The van der Waals surface area contributed by atoms with Gasteiger partial charge in [0.1, 0.15) is 11.4 Å². The second-order valence-corrected chi connectivity index (χ2v) is 6.04. The largest absolute Gasteiger partial charge is 0.508 e. The number of hydrogen-bond acceptors (Lipinski definition) is 6. The summed E-state index contributed by atoms with van der Waals surface area (Å²) in [5.74, 6) is -0.572. The van der Waals surface area contributed by atoms with E-state index >= 15 is 0 Å². The molecule has 0 spiro atoms. The molecule has 8 nitrogen and oxygen atoms in total. The molecule has 0 aromatic heterocycles. The van der Waals surface area contributed by atoms with E-state index in [4.69, 9.17) is 9.88 Å². The summed E-state index contributed by atoms with van der Waals surface area (Å²) >= 11 is 0. The molecule has 1 aromatic carbocycles. The van der Waals surface area contributed by atoms with Crippen LogP contribution in [0.5, 0.6) is 11.5 Å². The van der Waals surface area contributed by atoms with E-state index in [1.54, 1.807) is 20.8 Å². The van der Waals surface area contributed by atoms with Crippen molar-refractivity contribution in [2.45, 2.75) is 26.4 Å². The van der Waals surface area contributed by atoms with E-state index in [9.17, 15) is 18.3 Å². The summed E-state index contributed by atoms with van der Waals surface area (Å²) in [6.45, 7) is 5.02. The van der Waals surface area contributed by atoms with Gasteiger partial charge in [-0.25, -0.2) is 4.79 Å². The first kappa shape index (κ1) is 16.1. The van der Waals surface area contributed by atoms with E-state index in [0.717, 1.165) is 6.07 Å². The zero-order valence-corrected chi connectivity index (χ0v) is 12.0. The first-order valence-corrected chi connectivity index (χ1v) is 6.99. The molecule has 0 bridgehead atoms. The van der Waals surface area contributed by atoms with Crippen molar-refractivity contribution in [1.29, 1.82) is 0 Å². The molecule has 0 atom stereocenters. The van der Waals surface area contributed by atoms with Crippen LogP contribution in [-0.4, -0.2) is 25.2 Å². The zero-order valence-electron chi connectivity index (χ0n) is 11.2. The number of phenolic OH excluding ortho intramolecular Hbond substituents is 1. The van der Waals surface area contributed by atoms with E-state index in [2.05, 4.69) is 9.50 Å². The number of aromatic hydroxyl groups is 1. The highest BCUT2D eigenvalue weighted by Crippen LogP contribution is 2.30. The molecule has 4 N–H and O–H groups in total. The molecule has 0 saturated carbocycles. The van der Waals surface area contributed by atoms with Crippen molar-refractivity contribution in [1.82, 2.24) is 0 Å². The third kappa shape index (κ3) is 5.76. The van der Waals surface area contributed by atoms with Gasteiger partial charge in [-0.1, -0.05) is 0 Å². The highest BCUT2D eigenvalue weighted by atomic mass is 32.2. The lowest BCUT2D eigenvalue weighted by Gasteiger charge is -2.20. The number of carbonyl (C=O) groups is 1. The van der Waals surface area contributed by atoms with Gasteiger partial charge in [-0.15, -0.1) is 0 Å². The van der Waals surface area contributed by atoms with E-state index in [-0.39, 0.29) is 17.2 Å². The van der Waals surface area contributed by atoms with Crippen molar-refractivity contribution in [2.75, 3.05) is 5.32 Å². The van der Waals surface area contributed by atoms with Crippen molar-refractivity contribution in [3.05, 3.63) is 18.2 Å². The van der Waals surface area contributed by atoms with E-state index < -0.39 is 22.0 Å². The Hall–Kier alpha value is -2.00. The van der Waals surface area contributed by atoms with Gasteiger partial charge in [0.25, 0.3) is 0 Å². The van der Waals surface area contributed by atoms with Crippen LogP contribution in [0, 0.1) is 0 Å². The topological polar surface area (TPSA) is 128 Å². The Labute approximate surface area is 116 Å². The number of phenols is 1. The van der Waals surface area contributed by atoms with Gasteiger partial charge in [-0.05, 0) is 32.9 Å². The molecule has 0 aliphatic rings. The Balaban J connectivity index is 2.98. The molecule has 9 heteroatoms. The number of amides is 1. The van der Waals surface area contributed by atoms with Crippen LogP contribution in [0.25, 0.3) is 0 Å². The Morgan fingerprint density at radius 2 is 1.95 bits per heavy atom. The van der Waals surface area contributed by atoms with Crippen LogP contribution in [0.4, 0.5) is 10.5 Å². The average molecular weight is 304 g/mol. The summed E-state index contributed by atoms with van der Waals surface area (Å²) in [7, 11) is -4.29. The zero-order chi connectivity index (χ0) is 15.6. The van der Waals surface area contributed by atoms with Crippen molar-refractivity contribution in [2.24, 2.45) is 5.14 Å². The molecule has 0 radical (unpaired) electrons. The van der Waals surface area contributed by atoms with Gasteiger partial charge >= 0.3 is 16.4 Å². The number of carbonyl (C=O) groups excluding carboxylic acids is 1. The lowest BCUT2D eigenvalue weighted by molar-refractivity contribution is 0.0635. The summed E-state index contributed by atoms with van der Waals surface area (Å²) in [6.07, 6.45) is -0.803. The fourth-order valence-corrected chi connectivity index (χ4v) is 1.61. The molecular formula is C11H16N2O6S. The van der Waals surface area contributed by atoms with E-state index in [1.807, 2.05) is 0 Å². The minimum Gasteiger partial charge on any atom is -0.508 e. The van der Waals surface area contributed by atoms with Gasteiger partial charge in [0.15, 0.2) is 5.75 Å². The van der Waals surface area contributed by atoms with Crippen LogP contribution in [0.15, 0.2) is 18.2 Å². The summed E-state index contributed by atoms with van der Waals surface area (Å²) in [5.41, 5.74) is -0.729. The molecule has 0 unspecified atom stereocenters. The third-order valence-electron chi connectivity index (χ3n) is 1.81. The van der Waals surface area contributed by atoms with E-state index in [1.165, 1.54) is 12.1 Å². The van der Waals surface area contributed by atoms with Gasteiger partial charge in [0.05, 0.1) is 5.69 Å². The fraction of sp³-hybridized carbons (Fsp3) is 0.364. The second-order valence-electron chi connectivity index (χ2n) is 4.88. The van der Waals surface area contributed by atoms with Crippen molar-refractivity contribution >= 4 is 22.1 Å². The molecule has 0 aliphatic carbocycles. The molecule has 0 aliphatic heterocycles. The Kier molecular flexibility index (Phi) is 4.46. The number of ether oxygens (including phenoxy) is 1. The molecule has 0 heterocycles. The minimum atomic E-state index is -4.29. The quantitative estimate of drug-likeness (QED) is 0.722. The van der Waals surface area contributed by atoms with E-state index in [0.29, 0.717) is 0 Å². The number of rotatable bonds is 3. The molecular weight excluding hydrogens is 288 g/mol. The summed E-state index contributed by atoms with van der Waals surface area (Å²) in [6, 6.07) is 3.49. The smallest absolute Gasteiger partial charge is 0.412 e. The van der Waals surface area contributed by atoms with Crippen LogP contribution in [-0.2, 0) is 15.0 Å². The summed E-state index contributed by atoms with van der Waals surface area (Å²) < 4.78 is 31.3. The molecule has 1 rings (SSSR count). The van der Waals surface area contributed by atoms with Crippen LogP contribution >= 0.6 is 0 Å². The number of benzene rings is 1. The number of nitrogens with one attached hydrogen (secondary N) is 1. The van der Waals surface area contributed by atoms with Gasteiger partial charge in [0.2, 0.25) is 0 Å². The van der Waals surface area contributed by atoms with Gasteiger partial charge in [0, 0.05) is 6.07 Å². The lowest BCUT2D eigenvalue weighted by atomic mass is 10.2. The summed E-state index contributed by atoms with van der Waals surface area (Å²) in [4.78, 5) is 11.6. The Bertz CT molecular complexity index is 606. The predicted molar refractivity (Wildman–Crippen MR) is 71.7 cm³/mol. The molecule has 1 amide bonds. The maximum atomic E-state index is 11.6. The second kappa shape index (κ2) is 5.55. The predicted octanol–water partition coefficient (Wildman–Crippen LogP) is 1.32. The number of anilines is 1. The normalized spacial score (nSPS) is 11.8. The summed E-state index contributed by atoms with van der Waals surface area (Å²) in [5, 5.41) is 16.3. The fourth-order valence-electron chi connectivity index (χ4n) is 1.22. The molecule has 0 saturated heterocycles. The standard InChI is InChI=1S/C11H16N2O6S/c1-11(2,3)18-10(15)13-8-5-4-7(14)6-9(8)19-20(12,16)17/h4-6,14H,1-3H3,(H,13,15)(H2,12,16,17). The molecule has 20 heavy (non-hydrogen) atoms. The molecule has 1 aromatic rings. The van der Waals surface area contributed by atoms with Crippen LogP contribution < -0.4 is 14.6 Å². The lowest BCUT2D eigenvalue weighted by Crippen LogP contribution is -2.27. The van der Waals surface area contributed by atoms with Crippen molar-refractivity contribution < 1.29 is 27.2 Å². The Morgan fingerprint density at radius 1 is 1.35 bits per heavy atom. The molecule has 0 fully saturated rings. The molecule has 112 valence electrons. The minimum absolute atomic E-state index is 0.00826. The van der Waals surface area contributed by atoms with Crippen LogP contribution in [0.2, 0.25) is 0 Å². The highest BCUT2D eigenvalue weighted by molar-refractivity contribution is 7.84. The first-order valence-electron chi connectivity index (χ1n) is 5.51. The highest BCUT2D eigenvalue weighted by Gasteiger charge is 2.19.